The van der Waals surface area contributed by atoms with Crippen LogP contribution in [0.2, 0.25) is 0 Å². The fourth-order valence-corrected chi connectivity index (χ4v) is 6.31. The Labute approximate surface area is 248 Å². The first-order valence-electron chi connectivity index (χ1n) is 15.4. The van der Waals surface area contributed by atoms with E-state index in [0.29, 0.717) is 17.9 Å². The average Bonchev–Trinajstić information content (AvgIpc) is 2.93. The lowest BCUT2D eigenvalue weighted by molar-refractivity contribution is -0.305. The number of aliphatic hydroxyl groups excluding tert-OH is 2. The number of carbonyl (C=O) groups excluding carboxylic acids is 1. The first-order valence-corrected chi connectivity index (χ1v) is 15.4. The van der Waals surface area contributed by atoms with Gasteiger partial charge in [0.1, 0.15) is 12.2 Å². The number of hydrogen-bond donors (Lipinski definition) is 3. The number of ether oxygens (including phenoxy) is 3. The topological polar surface area (TPSA) is 105 Å². The van der Waals surface area contributed by atoms with Crippen LogP contribution in [0, 0.1) is 29.6 Å². The van der Waals surface area contributed by atoms with Gasteiger partial charge in [0.25, 0.3) is 0 Å². The maximum atomic E-state index is 13.3. The first kappa shape index (κ1) is 35.4. The molecule has 2 heterocycles. The molecule has 1 saturated heterocycles. The Morgan fingerprint density at radius 2 is 1.80 bits per heavy atom. The third-order valence-electron chi connectivity index (χ3n) is 9.21. The molecule has 3 N–H and O–H groups in total. The number of cyclic esters (lactones) is 1. The molecule has 41 heavy (non-hydrogen) atoms. The van der Waals surface area contributed by atoms with Gasteiger partial charge in [-0.15, -0.1) is 0 Å². The molecule has 0 aliphatic carbocycles. The number of hydrogen-bond acceptors (Lipinski definition) is 7. The number of esters is 1. The molecule has 0 aromatic rings. The van der Waals surface area contributed by atoms with Gasteiger partial charge < -0.3 is 29.5 Å². The molecule has 11 atom stereocenters. The van der Waals surface area contributed by atoms with E-state index in [0.717, 1.165) is 30.4 Å². The van der Waals surface area contributed by atoms with Crippen molar-refractivity contribution in [2.45, 2.75) is 124 Å². The summed E-state index contributed by atoms with van der Waals surface area (Å²) in [5.41, 5.74) is 2.37. The summed E-state index contributed by atoms with van der Waals surface area (Å²) in [5, 5.41) is 33.9. The van der Waals surface area contributed by atoms with Gasteiger partial charge in [0.05, 0.1) is 18.3 Å². The lowest BCUT2D eigenvalue weighted by Gasteiger charge is -2.46. The van der Waals surface area contributed by atoms with Crippen molar-refractivity contribution in [1.82, 2.24) is 0 Å². The molecule has 1 fully saturated rings. The lowest BCUT2D eigenvalue weighted by atomic mass is 9.78. The summed E-state index contributed by atoms with van der Waals surface area (Å²) in [4.78, 5) is 13.3. The number of aliphatic hydroxyl groups is 3. The molecule has 0 unspecified atom stereocenters. The monoisotopic (exact) mass is 576 g/mol. The largest absolute Gasteiger partial charge is 0.456 e. The molecule has 2 rings (SSSR count). The smallest absolute Gasteiger partial charge is 0.334 e. The Kier molecular flexibility index (Phi) is 13.5. The molecule has 0 bridgehead atoms. The van der Waals surface area contributed by atoms with Gasteiger partial charge in [-0.05, 0) is 57.9 Å². The van der Waals surface area contributed by atoms with Crippen molar-refractivity contribution < 1.29 is 34.3 Å². The highest BCUT2D eigenvalue weighted by Crippen LogP contribution is 2.40. The van der Waals surface area contributed by atoms with Gasteiger partial charge in [0.2, 0.25) is 0 Å². The van der Waals surface area contributed by atoms with Crippen LogP contribution in [0.15, 0.2) is 47.1 Å². The second-order valence-corrected chi connectivity index (χ2v) is 12.8. The molecule has 0 saturated carbocycles. The van der Waals surface area contributed by atoms with E-state index in [9.17, 15) is 20.1 Å². The molecular weight excluding hydrogens is 520 g/mol. The molecule has 0 spiro atoms. The van der Waals surface area contributed by atoms with Crippen LogP contribution in [0.4, 0.5) is 0 Å². The van der Waals surface area contributed by atoms with Crippen molar-refractivity contribution >= 4 is 5.97 Å². The summed E-state index contributed by atoms with van der Waals surface area (Å²) < 4.78 is 18.0. The van der Waals surface area contributed by atoms with Crippen LogP contribution in [0.5, 0.6) is 0 Å². The van der Waals surface area contributed by atoms with E-state index >= 15 is 0 Å². The molecule has 7 nitrogen and oxygen atoms in total. The van der Waals surface area contributed by atoms with Crippen molar-refractivity contribution in [3.05, 3.63) is 47.1 Å². The van der Waals surface area contributed by atoms with E-state index in [4.69, 9.17) is 14.2 Å². The second-order valence-electron chi connectivity index (χ2n) is 12.8. The molecule has 0 aromatic carbocycles. The summed E-state index contributed by atoms with van der Waals surface area (Å²) in [6.45, 7) is 17.4. The van der Waals surface area contributed by atoms with Crippen molar-refractivity contribution in [2.24, 2.45) is 29.6 Å². The normalized spacial score (nSPS) is 41.4. The third-order valence-corrected chi connectivity index (χ3v) is 9.21. The van der Waals surface area contributed by atoms with Crippen LogP contribution < -0.4 is 0 Å². The standard InChI is InChI=1S/C34H56O7/c1-11-28-22(4)15-16-34(38,41-28)27(9)31(36)26(8)32-29(39-10)14-12-13-20(2)17-23(5)30(35)24(6)18-21(3)19-25(7)33(37)40-32/h12-14,18-19,22-24,26-32,35-36,38H,11,15-17H2,1-10H3/b14-12-,20-13-,21-18-,25-19-/t22-,23+,24+,26-,27-,28-,29-,30-,31+,32-,34-/m0/s1. The van der Waals surface area contributed by atoms with Crippen LogP contribution in [0.3, 0.4) is 0 Å². The fraction of sp³-hybridized carbons (Fsp3) is 0.735. The SMILES string of the molecule is CC[C@@H]1O[C@](O)([C@@H](C)[C@H](O)[C@H](C)[C@@H]2OC(=O)/C(C)=C\C(C)=C/[C@@H](C)[C@@H](O)[C@H](C)C/C(C)=C\C=C/[C@@H]2OC)CC[C@@H]1C. The minimum atomic E-state index is -1.48. The molecule has 2 aliphatic rings. The van der Waals surface area contributed by atoms with Gasteiger partial charge in [0.15, 0.2) is 5.79 Å². The minimum absolute atomic E-state index is 0.0485. The predicted molar refractivity (Wildman–Crippen MR) is 163 cm³/mol. The van der Waals surface area contributed by atoms with E-state index in [2.05, 4.69) is 6.92 Å². The van der Waals surface area contributed by atoms with E-state index in [1.807, 2.05) is 65.8 Å². The van der Waals surface area contributed by atoms with Crippen LogP contribution in [-0.2, 0) is 19.0 Å². The van der Waals surface area contributed by atoms with Gasteiger partial charge in [-0.2, -0.15) is 0 Å². The Morgan fingerprint density at radius 1 is 1.15 bits per heavy atom. The van der Waals surface area contributed by atoms with E-state index in [1.165, 1.54) is 0 Å². The van der Waals surface area contributed by atoms with Gasteiger partial charge >= 0.3 is 5.97 Å². The highest BCUT2D eigenvalue weighted by Gasteiger charge is 2.48. The van der Waals surface area contributed by atoms with Crippen LogP contribution in [0.25, 0.3) is 0 Å². The maximum Gasteiger partial charge on any atom is 0.334 e. The highest BCUT2D eigenvalue weighted by atomic mass is 16.6. The fourth-order valence-electron chi connectivity index (χ4n) is 6.31. The summed E-state index contributed by atoms with van der Waals surface area (Å²) in [6, 6.07) is 0. The average molecular weight is 577 g/mol. The van der Waals surface area contributed by atoms with E-state index in [-0.39, 0.29) is 17.9 Å². The van der Waals surface area contributed by atoms with Crippen molar-refractivity contribution in [2.75, 3.05) is 7.11 Å². The summed E-state index contributed by atoms with van der Waals surface area (Å²) in [7, 11) is 1.55. The predicted octanol–water partition coefficient (Wildman–Crippen LogP) is 5.89. The lowest BCUT2D eigenvalue weighted by Crippen LogP contribution is -2.54. The van der Waals surface area contributed by atoms with Gasteiger partial charge in [-0.25, -0.2) is 4.79 Å². The Bertz CT molecular complexity index is 982. The quantitative estimate of drug-likeness (QED) is 0.339. The number of carbonyl (C=O) groups is 1. The molecule has 0 aromatic heterocycles. The zero-order valence-corrected chi connectivity index (χ0v) is 27.0. The summed E-state index contributed by atoms with van der Waals surface area (Å²) in [6.07, 6.45) is 9.04. The van der Waals surface area contributed by atoms with Gasteiger partial charge in [-0.3, -0.25) is 0 Å². The second kappa shape index (κ2) is 15.6. The number of rotatable bonds is 6. The summed E-state index contributed by atoms with van der Waals surface area (Å²) >= 11 is 0. The number of allylic oxidation sites excluding steroid dienone is 5. The first-order chi connectivity index (χ1) is 19.1. The van der Waals surface area contributed by atoms with Crippen molar-refractivity contribution in [3.8, 4) is 0 Å². The Balaban J connectivity index is 2.45. The van der Waals surface area contributed by atoms with Gasteiger partial charge in [0, 0.05) is 36.9 Å². The zero-order chi connectivity index (χ0) is 31.1. The molecule has 234 valence electrons. The maximum absolute atomic E-state index is 13.3. The minimum Gasteiger partial charge on any atom is -0.456 e. The summed E-state index contributed by atoms with van der Waals surface area (Å²) in [5.74, 6) is -2.91. The number of methoxy groups -OCH3 is 1. The zero-order valence-electron chi connectivity index (χ0n) is 27.0. The van der Waals surface area contributed by atoms with Crippen LogP contribution in [0.1, 0.15) is 88.0 Å². The van der Waals surface area contributed by atoms with Crippen LogP contribution in [-0.4, -0.2) is 64.7 Å². The van der Waals surface area contributed by atoms with E-state index < -0.39 is 48.0 Å². The van der Waals surface area contributed by atoms with Crippen LogP contribution >= 0.6 is 0 Å². The molecular formula is C34H56O7. The van der Waals surface area contributed by atoms with E-state index in [1.54, 1.807) is 27.0 Å². The Morgan fingerprint density at radius 3 is 2.41 bits per heavy atom. The van der Waals surface area contributed by atoms with Crippen molar-refractivity contribution in [1.29, 1.82) is 0 Å². The molecule has 2 aliphatic heterocycles. The molecule has 0 radical (unpaired) electrons. The Hall–Kier alpha value is -1.77. The third kappa shape index (κ3) is 9.36. The van der Waals surface area contributed by atoms with Gasteiger partial charge in [-0.1, -0.05) is 77.0 Å². The molecule has 7 heteroatoms. The molecule has 0 amide bonds. The highest BCUT2D eigenvalue weighted by molar-refractivity contribution is 5.88. The van der Waals surface area contributed by atoms with Crippen molar-refractivity contribution in [3.63, 3.8) is 0 Å².